The summed E-state index contributed by atoms with van der Waals surface area (Å²) in [5.41, 5.74) is 4.00. The van der Waals surface area contributed by atoms with Crippen molar-refractivity contribution in [3.63, 3.8) is 0 Å². The molecule has 1 aromatic carbocycles. The van der Waals surface area contributed by atoms with E-state index in [9.17, 15) is 0 Å². The van der Waals surface area contributed by atoms with Crippen LogP contribution in [-0.4, -0.2) is 5.60 Å². The van der Waals surface area contributed by atoms with E-state index in [1.165, 1.54) is 37.7 Å². The third-order valence-electron chi connectivity index (χ3n) is 5.76. The molecule has 1 heteroatoms. The lowest BCUT2D eigenvalue weighted by atomic mass is 9.79. The van der Waals surface area contributed by atoms with Crippen molar-refractivity contribution in [2.75, 3.05) is 0 Å². The summed E-state index contributed by atoms with van der Waals surface area (Å²) < 4.78 is 6.44. The molecule has 1 saturated heterocycles. The van der Waals surface area contributed by atoms with E-state index in [1.807, 2.05) is 0 Å². The molecule has 0 amide bonds. The van der Waals surface area contributed by atoms with Crippen LogP contribution in [0.1, 0.15) is 55.3 Å². The SMILES string of the molecule is c1ccc2c(c1)[C@@H]1C[C@@]34CCCC[C@]3(O1)[C@@H]24. The van der Waals surface area contributed by atoms with Crippen LogP contribution in [0.5, 0.6) is 0 Å². The van der Waals surface area contributed by atoms with Gasteiger partial charge in [0.2, 0.25) is 0 Å². The van der Waals surface area contributed by atoms with Gasteiger partial charge < -0.3 is 4.74 Å². The first kappa shape index (κ1) is 8.30. The maximum atomic E-state index is 6.44. The summed E-state index contributed by atoms with van der Waals surface area (Å²) in [5, 5.41) is 0. The maximum absolute atomic E-state index is 6.44. The van der Waals surface area contributed by atoms with Crippen molar-refractivity contribution in [2.45, 2.75) is 49.7 Å². The van der Waals surface area contributed by atoms with E-state index in [2.05, 4.69) is 24.3 Å². The number of rotatable bonds is 0. The highest BCUT2D eigenvalue weighted by Crippen LogP contribution is 2.86. The molecule has 16 heavy (non-hydrogen) atoms. The number of hydrogen-bond donors (Lipinski definition) is 0. The highest BCUT2D eigenvalue weighted by Gasteiger charge is 2.84. The molecule has 2 heterocycles. The van der Waals surface area contributed by atoms with Crippen LogP contribution in [0.4, 0.5) is 0 Å². The zero-order valence-corrected chi connectivity index (χ0v) is 9.41. The molecule has 2 spiro atoms. The molecule has 82 valence electrons. The molecule has 4 atom stereocenters. The first-order valence-electron chi connectivity index (χ1n) is 6.64. The highest BCUT2D eigenvalue weighted by atomic mass is 16.5. The van der Waals surface area contributed by atoms with E-state index >= 15 is 0 Å². The van der Waals surface area contributed by atoms with E-state index in [0.717, 1.165) is 5.92 Å². The monoisotopic (exact) mass is 212 g/mol. The largest absolute Gasteiger partial charge is 0.366 e. The van der Waals surface area contributed by atoms with Crippen LogP contribution < -0.4 is 0 Å². The quantitative estimate of drug-likeness (QED) is 0.639. The van der Waals surface area contributed by atoms with Gasteiger partial charge in [-0.25, -0.2) is 0 Å². The lowest BCUT2D eigenvalue weighted by Gasteiger charge is -2.30. The van der Waals surface area contributed by atoms with Crippen molar-refractivity contribution < 1.29 is 4.74 Å². The van der Waals surface area contributed by atoms with Crippen molar-refractivity contribution in [3.05, 3.63) is 35.4 Å². The van der Waals surface area contributed by atoms with Gasteiger partial charge in [-0.3, -0.25) is 0 Å². The van der Waals surface area contributed by atoms with Gasteiger partial charge in [0.15, 0.2) is 0 Å². The number of hydrogen-bond acceptors (Lipinski definition) is 1. The molecular weight excluding hydrogens is 196 g/mol. The Labute approximate surface area is 95.8 Å². The van der Waals surface area contributed by atoms with E-state index < -0.39 is 0 Å². The van der Waals surface area contributed by atoms with Gasteiger partial charge >= 0.3 is 0 Å². The number of ether oxygens (including phenoxy) is 1. The molecule has 3 fully saturated rings. The highest BCUT2D eigenvalue weighted by molar-refractivity contribution is 5.53. The third kappa shape index (κ3) is 0.620. The van der Waals surface area contributed by atoms with Gasteiger partial charge in [0, 0.05) is 11.3 Å². The summed E-state index contributed by atoms with van der Waals surface area (Å²) >= 11 is 0. The molecule has 1 aromatic rings. The van der Waals surface area contributed by atoms with Crippen LogP contribution in [0.2, 0.25) is 0 Å². The third-order valence-corrected chi connectivity index (χ3v) is 5.76. The lowest BCUT2D eigenvalue weighted by molar-refractivity contribution is -0.0240. The molecule has 0 aromatic heterocycles. The fourth-order valence-electron chi connectivity index (χ4n) is 5.26. The van der Waals surface area contributed by atoms with Gasteiger partial charge in [0.05, 0.1) is 11.7 Å². The molecule has 0 unspecified atom stereocenters. The second-order valence-electron chi connectivity index (χ2n) is 6.13. The van der Waals surface area contributed by atoms with Crippen LogP contribution in [-0.2, 0) is 4.74 Å². The molecule has 2 saturated carbocycles. The second kappa shape index (κ2) is 2.24. The Morgan fingerprint density at radius 2 is 1.88 bits per heavy atom. The van der Waals surface area contributed by atoms with Gasteiger partial charge in [-0.15, -0.1) is 0 Å². The average Bonchev–Trinajstić information content (AvgIpc) is 2.80. The summed E-state index contributed by atoms with van der Waals surface area (Å²) in [6, 6.07) is 9.01. The standard InChI is InChI=1S/C15H16O/c1-2-6-11-10(5-1)12-9-14-7-3-4-8-15(14,16-12)13(11)14/h1-2,5-6,12-13H,3-4,7-9H2/t12-,13-,14+,15-/m0/s1. The molecule has 1 nitrogen and oxygen atoms in total. The van der Waals surface area contributed by atoms with Crippen molar-refractivity contribution in [1.29, 1.82) is 0 Å². The average molecular weight is 212 g/mol. The Hall–Kier alpha value is -0.820. The van der Waals surface area contributed by atoms with Crippen molar-refractivity contribution in [1.82, 2.24) is 0 Å². The van der Waals surface area contributed by atoms with E-state index in [4.69, 9.17) is 4.74 Å². The van der Waals surface area contributed by atoms with Crippen LogP contribution in [0.25, 0.3) is 0 Å². The Balaban J connectivity index is 1.77. The molecule has 5 aliphatic rings. The van der Waals surface area contributed by atoms with Crippen LogP contribution in [0.15, 0.2) is 24.3 Å². The number of benzene rings is 1. The first-order chi connectivity index (χ1) is 7.87. The van der Waals surface area contributed by atoms with E-state index in [0.29, 0.717) is 17.1 Å². The van der Waals surface area contributed by atoms with Crippen LogP contribution in [0.3, 0.4) is 0 Å². The van der Waals surface area contributed by atoms with Gasteiger partial charge in [-0.1, -0.05) is 37.1 Å². The van der Waals surface area contributed by atoms with E-state index in [-0.39, 0.29) is 0 Å². The molecule has 3 aliphatic carbocycles. The van der Waals surface area contributed by atoms with Gasteiger partial charge in [-0.2, -0.15) is 0 Å². The fraction of sp³-hybridized carbons (Fsp3) is 0.600. The smallest absolute Gasteiger partial charge is 0.0842 e. The zero-order chi connectivity index (χ0) is 10.4. The predicted octanol–water partition coefficient (Wildman–Crippen LogP) is 3.56. The first-order valence-corrected chi connectivity index (χ1v) is 6.64. The Kier molecular flexibility index (Phi) is 1.16. The van der Waals surface area contributed by atoms with Gasteiger partial charge in [0.1, 0.15) is 0 Å². The summed E-state index contributed by atoms with van der Waals surface area (Å²) in [6.07, 6.45) is 7.29. The fourth-order valence-corrected chi connectivity index (χ4v) is 5.26. The van der Waals surface area contributed by atoms with Crippen LogP contribution >= 0.6 is 0 Å². The summed E-state index contributed by atoms with van der Waals surface area (Å²) in [7, 11) is 0. The summed E-state index contributed by atoms with van der Waals surface area (Å²) in [4.78, 5) is 0. The molecular formula is C15H16O. The van der Waals surface area contributed by atoms with Gasteiger partial charge in [0.25, 0.3) is 0 Å². The Bertz CT molecular complexity index is 472. The Morgan fingerprint density at radius 3 is 2.75 bits per heavy atom. The maximum Gasteiger partial charge on any atom is 0.0842 e. The van der Waals surface area contributed by atoms with Crippen molar-refractivity contribution >= 4 is 0 Å². The van der Waals surface area contributed by atoms with Crippen molar-refractivity contribution in [2.24, 2.45) is 5.41 Å². The molecule has 2 aliphatic heterocycles. The summed E-state index contributed by atoms with van der Waals surface area (Å²) in [6.45, 7) is 0. The van der Waals surface area contributed by atoms with Crippen molar-refractivity contribution in [3.8, 4) is 0 Å². The Morgan fingerprint density at radius 1 is 1.06 bits per heavy atom. The topological polar surface area (TPSA) is 9.23 Å². The minimum Gasteiger partial charge on any atom is -0.366 e. The molecule has 0 N–H and O–H groups in total. The normalized spacial score (nSPS) is 50.8. The van der Waals surface area contributed by atoms with Gasteiger partial charge in [-0.05, 0) is 30.4 Å². The zero-order valence-electron chi connectivity index (χ0n) is 9.41. The lowest BCUT2D eigenvalue weighted by Crippen LogP contribution is -2.23. The molecule has 6 rings (SSSR count). The minimum absolute atomic E-state index is 0.296. The molecule has 4 bridgehead atoms. The van der Waals surface area contributed by atoms with Crippen LogP contribution in [0, 0.1) is 5.41 Å². The second-order valence-corrected chi connectivity index (χ2v) is 6.13. The molecule has 0 radical (unpaired) electrons. The predicted molar refractivity (Wildman–Crippen MR) is 61.3 cm³/mol. The summed E-state index contributed by atoms with van der Waals surface area (Å²) in [5.74, 6) is 0.753. The van der Waals surface area contributed by atoms with E-state index in [1.54, 1.807) is 5.56 Å². The minimum atomic E-state index is 0.296.